The van der Waals surface area contributed by atoms with Gasteiger partial charge in [0.15, 0.2) is 9.84 Å². The molecule has 4 atom stereocenters. The minimum Gasteiger partial charge on any atom is -0.358 e. The Morgan fingerprint density at radius 2 is 1.68 bits per heavy atom. The van der Waals surface area contributed by atoms with Crippen LogP contribution in [0.4, 0.5) is 0 Å². The number of nitrogens with zero attached hydrogens (tertiary/aromatic N) is 1. The maximum Gasteiger partial charge on any atom is 0.252 e. The molecule has 1 heterocycles. The molecule has 1 aliphatic carbocycles. The van der Waals surface area contributed by atoms with E-state index in [-0.39, 0.29) is 17.6 Å². The van der Waals surface area contributed by atoms with Crippen LogP contribution in [0, 0.1) is 5.92 Å². The number of hydrogen-bond donors (Lipinski definition) is 0. The predicted octanol–water partition coefficient (Wildman–Crippen LogP) is 7.22. The van der Waals surface area contributed by atoms with E-state index in [0.717, 1.165) is 24.0 Å². The second-order valence-electron chi connectivity index (χ2n) is 10.8. The van der Waals surface area contributed by atoms with E-state index in [1.165, 1.54) is 0 Å². The highest BCUT2D eigenvalue weighted by Gasteiger charge is 2.51. The van der Waals surface area contributed by atoms with Crippen molar-refractivity contribution in [2.45, 2.75) is 69.1 Å². The van der Waals surface area contributed by atoms with Gasteiger partial charge in [0, 0.05) is 17.5 Å². The first kappa shape index (κ1) is 28.4. The summed E-state index contributed by atoms with van der Waals surface area (Å²) in [5.74, 6) is -0.267. The van der Waals surface area contributed by atoms with Gasteiger partial charge in [0.1, 0.15) is 12.2 Å². The first-order valence-electron chi connectivity index (χ1n) is 12.4. The Bertz CT molecular complexity index is 1270. The molecule has 1 saturated heterocycles. The Balaban J connectivity index is 1.89. The molecule has 4 rings (SSSR count). The van der Waals surface area contributed by atoms with Gasteiger partial charge in [-0.25, -0.2) is 8.42 Å². The monoisotopic (exact) mass is 583 g/mol. The van der Waals surface area contributed by atoms with Crippen LogP contribution < -0.4 is 0 Å². The quantitative estimate of drug-likeness (QED) is 0.307. The third-order valence-electron chi connectivity index (χ3n) is 7.14. The highest BCUT2D eigenvalue weighted by atomic mass is 35.5. The Morgan fingerprint density at radius 1 is 1.05 bits per heavy atom. The maximum atomic E-state index is 14.1. The van der Waals surface area contributed by atoms with E-state index in [1.54, 1.807) is 56.0 Å². The molecule has 1 amide bonds. The molecule has 5 nitrogen and oxygen atoms in total. The van der Waals surface area contributed by atoms with Gasteiger partial charge in [0.2, 0.25) is 0 Å². The van der Waals surface area contributed by atoms with Crippen molar-refractivity contribution in [3.8, 4) is 0 Å². The van der Waals surface area contributed by atoms with Gasteiger partial charge < -0.3 is 9.64 Å². The van der Waals surface area contributed by atoms with Crippen molar-refractivity contribution >= 4 is 50.5 Å². The molecule has 2 aliphatic rings. The largest absolute Gasteiger partial charge is 0.358 e. The summed E-state index contributed by atoms with van der Waals surface area (Å²) in [6.45, 7) is 8.90. The lowest BCUT2D eigenvalue weighted by Gasteiger charge is -2.48. The topological polar surface area (TPSA) is 63.7 Å². The molecule has 0 radical (unpaired) electrons. The highest BCUT2D eigenvalue weighted by Crippen LogP contribution is 2.48. The molecule has 1 aliphatic heterocycles. The third-order valence-corrected chi connectivity index (χ3v) is 10.8. The lowest BCUT2D eigenvalue weighted by Crippen LogP contribution is -2.57. The minimum atomic E-state index is -3.53. The van der Waals surface area contributed by atoms with E-state index in [9.17, 15) is 13.2 Å². The average molecular weight is 585 g/mol. The fourth-order valence-corrected chi connectivity index (χ4v) is 6.60. The van der Waals surface area contributed by atoms with E-state index in [2.05, 4.69) is 6.58 Å². The molecule has 1 saturated carbocycles. The Kier molecular flexibility index (Phi) is 8.37. The molecule has 2 fully saturated rings. The molecule has 0 spiro atoms. The fraction of sp³-hybridized carbons (Fsp3) is 0.464. The van der Waals surface area contributed by atoms with Crippen LogP contribution in [0.25, 0.3) is 0 Å². The summed E-state index contributed by atoms with van der Waals surface area (Å²) in [6, 6.07) is 11.4. The van der Waals surface area contributed by atoms with Crippen molar-refractivity contribution in [2.24, 2.45) is 5.92 Å². The molecule has 0 bridgehead atoms. The van der Waals surface area contributed by atoms with Crippen molar-refractivity contribution in [3.05, 3.63) is 81.3 Å². The molecular formula is C28H32Cl3NO4S. The van der Waals surface area contributed by atoms with Crippen molar-refractivity contribution < 1.29 is 17.9 Å². The summed E-state index contributed by atoms with van der Waals surface area (Å²) in [7, 11) is -3.53. The highest BCUT2D eigenvalue weighted by molar-refractivity contribution is 7.92. The van der Waals surface area contributed by atoms with E-state index >= 15 is 0 Å². The lowest BCUT2D eigenvalue weighted by atomic mass is 9.89. The Hall–Kier alpha value is -1.57. The van der Waals surface area contributed by atoms with Crippen LogP contribution in [0.5, 0.6) is 0 Å². The van der Waals surface area contributed by atoms with Crippen LogP contribution in [-0.4, -0.2) is 41.9 Å². The summed E-state index contributed by atoms with van der Waals surface area (Å²) >= 11 is 18.8. The Morgan fingerprint density at radius 3 is 2.22 bits per heavy atom. The van der Waals surface area contributed by atoms with Gasteiger partial charge in [0.05, 0.1) is 26.6 Å². The number of sulfone groups is 1. The third kappa shape index (κ3) is 6.04. The van der Waals surface area contributed by atoms with Gasteiger partial charge in [-0.3, -0.25) is 4.79 Å². The molecule has 0 unspecified atom stereocenters. The van der Waals surface area contributed by atoms with Crippen LogP contribution in [0.2, 0.25) is 15.1 Å². The van der Waals surface area contributed by atoms with Gasteiger partial charge >= 0.3 is 0 Å². The van der Waals surface area contributed by atoms with Crippen LogP contribution in [0.3, 0.4) is 0 Å². The SMILES string of the molecule is C=CC[C@H]1O[C@H](c2ccc(Cl)c(Cl)c2)[C@@H](c2ccc(Cl)cc2)N([C@H](CS(=O)(=O)C(C)(C)C)C2CC2)C1=O. The number of halogens is 3. The molecule has 0 aromatic heterocycles. The number of morpholine rings is 1. The number of rotatable bonds is 8. The molecule has 2 aromatic carbocycles. The Labute approximate surface area is 234 Å². The van der Waals surface area contributed by atoms with Crippen LogP contribution in [0.15, 0.2) is 55.1 Å². The number of carbonyl (C=O) groups is 1. The van der Waals surface area contributed by atoms with Crippen LogP contribution in [-0.2, 0) is 19.4 Å². The van der Waals surface area contributed by atoms with Crippen LogP contribution in [0.1, 0.15) is 63.3 Å². The normalized spacial score (nSPS) is 23.7. The summed E-state index contributed by atoms with van der Waals surface area (Å²) in [6.07, 6.45) is 2.26. The van der Waals surface area contributed by atoms with Gasteiger partial charge in [-0.15, -0.1) is 6.58 Å². The number of amides is 1. The maximum absolute atomic E-state index is 14.1. The standard InChI is InChI=1S/C28H32Cl3NO4S/c1-5-6-24-27(33)32(23(17-7-8-17)16-37(34,35)28(2,3)4)25(18-9-12-20(29)13-10-18)26(36-24)19-11-14-21(30)22(31)15-19/h5,9-15,17,23-26H,1,6-8,16H2,2-4H3/t23-,24-,25-,26-/m1/s1. The van der Waals surface area contributed by atoms with Crippen LogP contribution >= 0.6 is 34.8 Å². The van der Waals surface area contributed by atoms with Crippen molar-refractivity contribution in [1.82, 2.24) is 4.90 Å². The van der Waals surface area contributed by atoms with Crippen molar-refractivity contribution in [3.63, 3.8) is 0 Å². The molecule has 200 valence electrons. The molecule has 9 heteroatoms. The van der Waals surface area contributed by atoms with Gasteiger partial charge in [0.25, 0.3) is 5.91 Å². The van der Waals surface area contributed by atoms with Gasteiger partial charge in [-0.1, -0.05) is 59.1 Å². The average Bonchev–Trinajstić information content (AvgIpc) is 3.66. The van der Waals surface area contributed by atoms with Crippen molar-refractivity contribution in [2.75, 3.05) is 5.75 Å². The zero-order chi connectivity index (χ0) is 27.1. The lowest BCUT2D eigenvalue weighted by molar-refractivity contribution is -0.178. The fourth-order valence-electron chi connectivity index (χ4n) is 4.78. The van der Waals surface area contributed by atoms with E-state index in [1.807, 2.05) is 18.2 Å². The van der Waals surface area contributed by atoms with Crippen molar-refractivity contribution in [1.29, 1.82) is 0 Å². The number of hydrogen-bond acceptors (Lipinski definition) is 4. The summed E-state index contributed by atoms with van der Waals surface area (Å²) in [5.41, 5.74) is 1.54. The van der Waals surface area contributed by atoms with Gasteiger partial charge in [-0.2, -0.15) is 0 Å². The zero-order valence-electron chi connectivity index (χ0n) is 21.2. The minimum absolute atomic E-state index is 0.0906. The summed E-state index contributed by atoms with van der Waals surface area (Å²) < 4.78 is 32.4. The zero-order valence-corrected chi connectivity index (χ0v) is 24.2. The second kappa shape index (κ2) is 10.9. The number of benzene rings is 2. The first-order chi connectivity index (χ1) is 17.3. The first-order valence-corrected chi connectivity index (χ1v) is 15.1. The smallest absolute Gasteiger partial charge is 0.252 e. The number of ether oxygens (including phenoxy) is 1. The molecule has 0 N–H and O–H groups in total. The molecular weight excluding hydrogens is 553 g/mol. The van der Waals surface area contributed by atoms with E-state index in [0.29, 0.717) is 21.5 Å². The number of carbonyl (C=O) groups excluding carboxylic acids is 1. The van der Waals surface area contributed by atoms with E-state index < -0.39 is 38.9 Å². The summed E-state index contributed by atoms with van der Waals surface area (Å²) in [5, 5.41) is 1.34. The molecule has 37 heavy (non-hydrogen) atoms. The second-order valence-corrected chi connectivity index (χ2v) is 14.8. The molecule has 2 aromatic rings. The summed E-state index contributed by atoms with van der Waals surface area (Å²) in [4.78, 5) is 15.8. The van der Waals surface area contributed by atoms with E-state index in [4.69, 9.17) is 39.5 Å². The predicted molar refractivity (Wildman–Crippen MR) is 150 cm³/mol. The van der Waals surface area contributed by atoms with Gasteiger partial charge in [-0.05, 0) is 74.9 Å².